The first-order chi connectivity index (χ1) is 8.10. The molecular formula is C11H16N2O4. The topological polar surface area (TPSA) is 75.7 Å². The van der Waals surface area contributed by atoms with Gasteiger partial charge in [0.2, 0.25) is 0 Å². The Kier molecular flexibility index (Phi) is 3.44. The monoisotopic (exact) mass is 240 g/mol. The molecule has 0 aliphatic carbocycles. The molecule has 1 aliphatic heterocycles. The Balaban J connectivity index is 1.98. The smallest absolute Gasteiger partial charge is 0.290 e. The van der Waals surface area contributed by atoms with Crippen LogP contribution in [0.2, 0.25) is 0 Å². The molecule has 0 spiro atoms. The molecule has 2 heterocycles. The maximum atomic E-state index is 11.8. The Hall–Kier alpha value is -1.40. The van der Waals surface area contributed by atoms with E-state index < -0.39 is 5.56 Å². The van der Waals surface area contributed by atoms with E-state index in [0.29, 0.717) is 12.3 Å². The fraction of sp³-hybridized carbons (Fsp3) is 0.636. The Morgan fingerprint density at radius 1 is 1.65 bits per heavy atom. The van der Waals surface area contributed by atoms with Gasteiger partial charge in [-0.25, -0.2) is 0 Å². The lowest BCUT2D eigenvalue weighted by atomic mass is 10.1. The number of aryl methyl sites for hydroxylation is 1. The second kappa shape index (κ2) is 4.85. The molecule has 0 radical (unpaired) electrons. The van der Waals surface area contributed by atoms with Crippen LogP contribution < -0.4 is 5.56 Å². The summed E-state index contributed by atoms with van der Waals surface area (Å²) in [5.74, 6) is 0.303. The van der Waals surface area contributed by atoms with Gasteiger partial charge in [-0.3, -0.25) is 14.5 Å². The third-order valence-electron chi connectivity index (χ3n) is 2.98. The number of rotatable bonds is 3. The standard InChI is InChI=1S/C11H16N2O4/c1-8-4-10(15)13(17-8)11(16)6-12-3-2-9(5-12)7-14/h4,9,14H,2-3,5-7H2,1H3. The van der Waals surface area contributed by atoms with Gasteiger partial charge in [0.05, 0.1) is 6.54 Å². The minimum atomic E-state index is -0.426. The number of hydrogen-bond acceptors (Lipinski definition) is 5. The number of nitrogens with zero attached hydrogens (tertiary/aromatic N) is 2. The molecule has 0 bridgehead atoms. The van der Waals surface area contributed by atoms with Gasteiger partial charge in [0.1, 0.15) is 5.76 Å². The second-order valence-corrected chi connectivity index (χ2v) is 4.45. The Morgan fingerprint density at radius 3 is 2.94 bits per heavy atom. The number of carbonyl (C=O) groups excluding carboxylic acids is 1. The van der Waals surface area contributed by atoms with Crippen LogP contribution in [-0.2, 0) is 0 Å². The number of aromatic nitrogens is 1. The summed E-state index contributed by atoms with van der Waals surface area (Å²) in [6, 6.07) is 1.29. The zero-order valence-electron chi connectivity index (χ0n) is 9.76. The summed E-state index contributed by atoms with van der Waals surface area (Å²) in [5, 5.41) is 9.00. The van der Waals surface area contributed by atoms with Crippen molar-refractivity contribution < 1.29 is 14.4 Å². The zero-order valence-corrected chi connectivity index (χ0v) is 9.76. The highest BCUT2D eigenvalue weighted by Crippen LogP contribution is 2.14. The molecule has 94 valence electrons. The quantitative estimate of drug-likeness (QED) is 0.785. The van der Waals surface area contributed by atoms with Crippen LogP contribution in [0.1, 0.15) is 17.0 Å². The predicted octanol–water partition coefficient (Wildman–Crippen LogP) is -0.296. The molecule has 2 rings (SSSR count). The van der Waals surface area contributed by atoms with Crippen LogP contribution in [0, 0.1) is 12.8 Å². The van der Waals surface area contributed by atoms with Crippen molar-refractivity contribution >= 4 is 5.91 Å². The molecule has 1 saturated heterocycles. The van der Waals surface area contributed by atoms with E-state index in [-0.39, 0.29) is 25.0 Å². The van der Waals surface area contributed by atoms with Gasteiger partial charge in [0.25, 0.3) is 11.5 Å². The fourth-order valence-corrected chi connectivity index (χ4v) is 2.08. The molecule has 1 N–H and O–H groups in total. The number of hydrogen-bond donors (Lipinski definition) is 1. The summed E-state index contributed by atoms with van der Waals surface area (Å²) in [7, 11) is 0. The molecule has 0 aromatic carbocycles. The summed E-state index contributed by atoms with van der Waals surface area (Å²) in [5.41, 5.74) is -0.426. The number of aliphatic hydroxyl groups is 1. The number of aliphatic hydroxyl groups excluding tert-OH is 1. The lowest BCUT2D eigenvalue weighted by molar-refractivity contribution is 0.0725. The van der Waals surface area contributed by atoms with Crippen molar-refractivity contribution in [2.24, 2.45) is 5.92 Å². The van der Waals surface area contributed by atoms with E-state index >= 15 is 0 Å². The minimum Gasteiger partial charge on any atom is -0.396 e. The Morgan fingerprint density at radius 2 is 2.41 bits per heavy atom. The van der Waals surface area contributed by atoms with Crippen molar-refractivity contribution in [1.29, 1.82) is 0 Å². The molecule has 1 aromatic rings. The second-order valence-electron chi connectivity index (χ2n) is 4.45. The summed E-state index contributed by atoms with van der Waals surface area (Å²) >= 11 is 0. The molecule has 1 fully saturated rings. The molecule has 6 heteroatoms. The van der Waals surface area contributed by atoms with Crippen molar-refractivity contribution in [2.75, 3.05) is 26.2 Å². The lowest BCUT2D eigenvalue weighted by Gasteiger charge is -2.13. The van der Waals surface area contributed by atoms with Crippen LogP contribution in [0.25, 0.3) is 0 Å². The van der Waals surface area contributed by atoms with Crippen molar-refractivity contribution in [3.05, 3.63) is 22.2 Å². The van der Waals surface area contributed by atoms with Crippen molar-refractivity contribution in [3.8, 4) is 0 Å². The molecule has 0 amide bonds. The third-order valence-corrected chi connectivity index (χ3v) is 2.98. The van der Waals surface area contributed by atoms with Crippen molar-refractivity contribution in [3.63, 3.8) is 0 Å². The first-order valence-electron chi connectivity index (χ1n) is 5.66. The number of carbonyl (C=O) groups is 1. The van der Waals surface area contributed by atoms with E-state index in [9.17, 15) is 9.59 Å². The summed E-state index contributed by atoms with van der Waals surface area (Å²) in [6.45, 7) is 3.39. The highest BCUT2D eigenvalue weighted by molar-refractivity contribution is 5.79. The summed E-state index contributed by atoms with van der Waals surface area (Å²) in [4.78, 5) is 25.1. The van der Waals surface area contributed by atoms with Crippen LogP contribution in [-0.4, -0.2) is 46.9 Å². The Bertz CT molecular complexity index is 462. The van der Waals surface area contributed by atoms with Gasteiger partial charge in [-0.05, 0) is 25.8 Å². The highest BCUT2D eigenvalue weighted by Gasteiger charge is 2.24. The maximum Gasteiger partial charge on any atom is 0.290 e. The van der Waals surface area contributed by atoms with Crippen molar-refractivity contribution in [2.45, 2.75) is 13.3 Å². The van der Waals surface area contributed by atoms with Gasteiger partial charge >= 0.3 is 0 Å². The third kappa shape index (κ3) is 2.65. The molecule has 1 atom stereocenters. The molecular weight excluding hydrogens is 224 g/mol. The van der Waals surface area contributed by atoms with Crippen LogP contribution >= 0.6 is 0 Å². The lowest BCUT2D eigenvalue weighted by Crippen LogP contribution is -2.34. The van der Waals surface area contributed by atoms with Crippen LogP contribution in [0.5, 0.6) is 0 Å². The van der Waals surface area contributed by atoms with E-state index in [1.807, 2.05) is 4.90 Å². The van der Waals surface area contributed by atoms with Crippen LogP contribution in [0.15, 0.2) is 15.4 Å². The predicted molar refractivity (Wildman–Crippen MR) is 60.0 cm³/mol. The fourth-order valence-electron chi connectivity index (χ4n) is 2.08. The van der Waals surface area contributed by atoms with Gasteiger partial charge in [0, 0.05) is 19.2 Å². The summed E-state index contributed by atoms with van der Waals surface area (Å²) in [6.07, 6.45) is 0.885. The minimum absolute atomic E-state index is 0.143. The van der Waals surface area contributed by atoms with Crippen LogP contribution in [0.3, 0.4) is 0 Å². The molecule has 6 nitrogen and oxygen atoms in total. The van der Waals surface area contributed by atoms with Gasteiger partial charge in [-0.2, -0.15) is 0 Å². The van der Waals surface area contributed by atoms with Gasteiger partial charge in [0.15, 0.2) is 0 Å². The maximum absolute atomic E-state index is 11.8. The number of likely N-dealkylation sites (tertiary alicyclic amines) is 1. The van der Waals surface area contributed by atoms with Crippen LogP contribution in [0.4, 0.5) is 0 Å². The average molecular weight is 240 g/mol. The normalized spacial score (nSPS) is 20.9. The zero-order chi connectivity index (χ0) is 12.4. The van der Waals surface area contributed by atoms with Gasteiger partial charge < -0.3 is 9.63 Å². The van der Waals surface area contributed by atoms with Crippen molar-refractivity contribution in [1.82, 2.24) is 9.64 Å². The molecule has 0 saturated carbocycles. The molecule has 1 aromatic heterocycles. The van der Waals surface area contributed by atoms with E-state index in [1.165, 1.54) is 6.07 Å². The summed E-state index contributed by atoms with van der Waals surface area (Å²) < 4.78 is 5.81. The SMILES string of the molecule is Cc1cc(=O)n(C(=O)CN2CCC(CO)C2)o1. The molecule has 1 aliphatic rings. The highest BCUT2D eigenvalue weighted by atomic mass is 16.5. The van der Waals surface area contributed by atoms with Gasteiger partial charge in [-0.15, -0.1) is 4.74 Å². The van der Waals surface area contributed by atoms with E-state index in [0.717, 1.165) is 17.7 Å². The average Bonchev–Trinajstić information content (AvgIpc) is 2.85. The first-order valence-corrected chi connectivity index (χ1v) is 5.66. The largest absolute Gasteiger partial charge is 0.396 e. The van der Waals surface area contributed by atoms with E-state index in [2.05, 4.69) is 0 Å². The molecule has 17 heavy (non-hydrogen) atoms. The van der Waals surface area contributed by atoms with E-state index in [4.69, 9.17) is 9.63 Å². The first kappa shape index (κ1) is 12.1. The van der Waals surface area contributed by atoms with Gasteiger partial charge in [-0.1, -0.05) is 0 Å². The molecule has 1 unspecified atom stereocenters. The van der Waals surface area contributed by atoms with E-state index in [1.54, 1.807) is 6.92 Å². The Labute approximate surface area is 98.4 Å².